The minimum atomic E-state index is -3.02. The molecule has 2 fully saturated rings. The number of ether oxygens (including phenoxy) is 4. The van der Waals surface area contributed by atoms with Gasteiger partial charge in [0.05, 0.1) is 60.5 Å². The van der Waals surface area contributed by atoms with Gasteiger partial charge in [-0.15, -0.1) is 0 Å². The Hall–Kier alpha value is -0.800. The van der Waals surface area contributed by atoms with Gasteiger partial charge < -0.3 is 29.6 Å². The molecule has 0 aromatic carbocycles. The Balaban J connectivity index is 1.42. The molecule has 0 saturated carbocycles. The molecule has 32 heavy (non-hydrogen) atoms. The maximum Gasteiger partial charge on any atom is 0.257 e. The molecular formula is C18H32N2O8S4. The molecule has 2 N–H and O–H groups in total. The number of nitrogens with one attached hydrogen (secondary N) is 2. The molecule has 2 unspecified atom stereocenters. The molecular weight excluding hydrogens is 500 g/mol. The number of hydrogen-bond acceptors (Lipinski definition) is 10. The van der Waals surface area contributed by atoms with Crippen LogP contribution in [0.5, 0.6) is 0 Å². The largest absolute Gasteiger partial charge is 0.469 e. The highest BCUT2D eigenvalue weighted by Gasteiger charge is 2.40. The van der Waals surface area contributed by atoms with Gasteiger partial charge in [-0.2, -0.15) is 0 Å². The van der Waals surface area contributed by atoms with Crippen molar-refractivity contribution < 1.29 is 35.8 Å². The van der Waals surface area contributed by atoms with E-state index >= 15 is 0 Å². The average Bonchev–Trinajstić information content (AvgIpc) is 3.09. The topological polar surface area (TPSA) is 129 Å². The van der Waals surface area contributed by atoms with Gasteiger partial charge in [-0.1, -0.05) is 0 Å². The lowest BCUT2D eigenvalue weighted by Gasteiger charge is -2.25. The normalized spacial score (nSPS) is 28.2. The van der Waals surface area contributed by atoms with Crippen LogP contribution in [-0.4, -0.2) is 101 Å². The van der Waals surface area contributed by atoms with E-state index in [2.05, 4.69) is 10.6 Å². The Morgan fingerprint density at radius 2 is 1.06 bits per heavy atom. The van der Waals surface area contributed by atoms with Gasteiger partial charge in [-0.05, 0) is 51.1 Å². The van der Waals surface area contributed by atoms with E-state index in [0.29, 0.717) is 39.3 Å². The van der Waals surface area contributed by atoms with Crippen LogP contribution in [0.3, 0.4) is 0 Å². The van der Waals surface area contributed by atoms with Gasteiger partial charge in [-0.3, -0.25) is 0 Å². The number of thiocarbonyl (C=S) groups is 2. The van der Waals surface area contributed by atoms with Crippen LogP contribution in [0.25, 0.3) is 0 Å². The first-order valence-corrected chi connectivity index (χ1v) is 14.7. The molecule has 0 aromatic rings. The van der Waals surface area contributed by atoms with E-state index in [-0.39, 0.29) is 46.6 Å². The third-order valence-electron chi connectivity index (χ3n) is 5.11. The van der Waals surface area contributed by atoms with Crippen LogP contribution < -0.4 is 10.6 Å². The van der Waals surface area contributed by atoms with E-state index in [1.54, 1.807) is 0 Å². The third kappa shape index (κ3) is 10.00. The summed E-state index contributed by atoms with van der Waals surface area (Å²) in [7, 11) is -6.03. The van der Waals surface area contributed by atoms with Crippen LogP contribution in [0.15, 0.2) is 0 Å². The van der Waals surface area contributed by atoms with Gasteiger partial charge in [0.15, 0.2) is 19.7 Å². The summed E-state index contributed by atoms with van der Waals surface area (Å²) in [5.41, 5.74) is -1.17. The minimum absolute atomic E-state index is 0.0447. The second-order valence-corrected chi connectivity index (χ2v) is 13.7. The van der Waals surface area contributed by atoms with Crippen molar-refractivity contribution in [3.05, 3.63) is 0 Å². The highest BCUT2D eigenvalue weighted by atomic mass is 32.2. The average molecular weight is 533 g/mol. The summed E-state index contributed by atoms with van der Waals surface area (Å²) >= 11 is 10.2. The molecule has 2 heterocycles. The van der Waals surface area contributed by atoms with E-state index in [0.717, 1.165) is 0 Å². The van der Waals surface area contributed by atoms with Crippen molar-refractivity contribution >= 4 is 54.5 Å². The van der Waals surface area contributed by atoms with Crippen molar-refractivity contribution in [2.75, 3.05) is 62.7 Å². The predicted octanol–water partition coefficient (Wildman–Crippen LogP) is -0.0438. The van der Waals surface area contributed by atoms with Crippen LogP contribution in [0.1, 0.15) is 26.7 Å². The van der Waals surface area contributed by atoms with Crippen molar-refractivity contribution in [2.24, 2.45) is 0 Å². The monoisotopic (exact) mass is 532 g/mol. The molecule has 2 rings (SSSR count). The maximum atomic E-state index is 11.6. The Morgan fingerprint density at radius 1 is 0.719 bits per heavy atom. The molecule has 2 aliphatic rings. The molecule has 0 aromatic heterocycles. The molecule has 0 radical (unpaired) electrons. The Morgan fingerprint density at radius 3 is 1.38 bits per heavy atom. The van der Waals surface area contributed by atoms with Crippen molar-refractivity contribution in [3.8, 4) is 0 Å². The lowest BCUT2D eigenvalue weighted by Crippen LogP contribution is -2.47. The lowest BCUT2D eigenvalue weighted by molar-refractivity contribution is 0.0244. The summed E-state index contributed by atoms with van der Waals surface area (Å²) in [6.07, 6.45) is 0.997. The fourth-order valence-corrected chi connectivity index (χ4v) is 8.34. The van der Waals surface area contributed by atoms with Crippen LogP contribution in [0.2, 0.25) is 0 Å². The van der Waals surface area contributed by atoms with E-state index in [1.807, 2.05) is 13.8 Å². The van der Waals surface area contributed by atoms with Gasteiger partial charge in [0, 0.05) is 0 Å². The van der Waals surface area contributed by atoms with Crippen LogP contribution >= 0.6 is 24.4 Å². The number of rotatable bonds is 11. The minimum Gasteiger partial charge on any atom is -0.469 e. The zero-order valence-electron chi connectivity index (χ0n) is 18.4. The smallest absolute Gasteiger partial charge is 0.257 e. The van der Waals surface area contributed by atoms with Crippen LogP contribution in [-0.2, 0) is 38.6 Å². The second kappa shape index (κ2) is 11.6. The summed E-state index contributed by atoms with van der Waals surface area (Å²) in [6.45, 7) is 5.45. The highest BCUT2D eigenvalue weighted by molar-refractivity contribution is 7.92. The molecule has 0 amide bonds. The van der Waals surface area contributed by atoms with E-state index < -0.39 is 30.8 Å². The molecule has 186 valence electrons. The Bertz CT molecular complexity index is 807. The molecule has 10 nitrogen and oxygen atoms in total. The molecule has 0 aliphatic carbocycles. The fraction of sp³-hybridized carbons (Fsp3) is 0.889. The van der Waals surface area contributed by atoms with Crippen LogP contribution in [0.4, 0.5) is 0 Å². The van der Waals surface area contributed by atoms with E-state index in [4.69, 9.17) is 43.4 Å². The van der Waals surface area contributed by atoms with E-state index in [9.17, 15) is 16.8 Å². The van der Waals surface area contributed by atoms with Crippen molar-refractivity contribution in [1.82, 2.24) is 10.6 Å². The lowest BCUT2D eigenvalue weighted by atomic mass is 10.0. The molecule has 2 saturated heterocycles. The van der Waals surface area contributed by atoms with Gasteiger partial charge in [0.25, 0.3) is 10.3 Å². The molecule has 2 aliphatic heterocycles. The second-order valence-electron chi connectivity index (χ2n) is 8.55. The maximum absolute atomic E-state index is 11.6. The number of sulfone groups is 2. The number of hydrogen-bond donors (Lipinski definition) is 2. The summed E-state index contributed by atoms with van der Waals surface area (Å²) < 4.78 is 67.9. The zero-order chi connectivity index (χ0) is 23.9. The van der Waals surface area contributed by atoms with E-state index in [1.165, 1.54) is 0 Å². The Labute approximate surface area is 200 Å². The molecule has 14 heteroatoms. The molecule has 0 spiro atoms. The first-order valence-electron chi connectivity index (χ1n) is 10.3. The standard InChI is InChI=1S/C18H32N2O8S4/c1-17(3-11-31(21,22)13-17)19-15(29)27-9-7-25-5-6-26-8-10-28-16(30)20-18(2)4-12-32(23,24)14-18/h3-14H2,1-2H3,(H,19,29)(H,20,30). The first kappa shape index (κ1) is 27.4. The fourth-order valence-electron chi connectivity index (χ4n) is 3.49. The van der Waals surface area contributed by atoms with Crippen molar-refractivity contribution in [2.45, 2.75) is 37.8 Å². The van der Waals surface area contributed by atoms with Crippen molar-refractivity contribution in [1.29, 1.82) is 0 Å². The first-order chi connectivity index (χ1) is 14.8. The summed E-state index contributed by atoms with van der Waals surface area (Å²) in [5.74, 6) is 0.394. The quantitative estimate of drug-likeness (QED) is 0.273. The summed E-state index contributed by atoms with van der Waals surface area (Å²) in [5, 5.41) is 6.25. The third-order valence-corrected chi connectivity index (χ3v) is 9.35. The SMILES string of the molecule is CC1(NC(=S)OCCOCCOCCOC(=S)NC2(C)CCS(=O)(=O)C2)CCS(=O)(=O)C1. The van der Waals surface area contributed by atoms with Gasteiger partial charge in [0.2, 0.25) is 0 Å². The summed E-state index contributed by atoms with van der Waals surface area (Å²) in [6, 6.07) is 0. The Kier molecular flexibility index (Phi) is 9.91. The zero-order valence-corrected chi connectivity index (χ0v) is 21.7. The molecule has 0 bridgehead atoms. The molecule has 2 atom stereocenters. The van der Waals surface area contributed by atoms with Gasteiger partial charge >= 0.3 is 0 Å². The van der Waals surface area contributed by atoms with Crippen LogP contribution in [0, 0.1) is 0 Å². The highest BCUT2D eigenvalue weighted by Crippen LogP contribution is 2.23. The predicted molar refractivity (Wildman–Crippen MR) is 128 cm³/mol. The summed E-state index contributed by atoms with van der Waals surface area (Å²) in [4.78, 5) is 0. The van der Waals surface area contributed by atoms with Gasteiger partial charge in [0.1, 0.15) is 13.2 Å². The van der Waals surface area contributed by atoms with Crippen molar-refractivity contribution in [3.63, 3.8) is 0 Å². The van der Waals surface area contributed by atoms with Gasteiger partial charge in [-0.25, -0.2) is 16.8 Å².